The molecule has 1 aromatic carbocycles. The van der Waals surface area contributed by atoms with Crippen molar-refractivity contribution in [3.63, 3.8) is 0 Å². The zero-order valence-electron chi connectivity index (χ0n) is 9.44. The molecule has 3 nitrogen and oxygen atoms in total. The zero-order chi connectivity index (χ0) is 11.7. The number of rotatable bonds is 4. The molecule has 1 N–H and O–H groups in total. The van der Waals surface area contributed by atoms with Crippen LogP contribution in [0.25, 0.3) is 5.69 Å². The van der Waals surface area contributed by atoms with Crippen molar-refractivity contribution in [1.82, 2.24) is 14.9 Å². The lowest BCUT2D eigenvalue weighted by Gasteiger charge is -2.11. The summed E-state index contributed by atoms with van der Waals surface area (Å²) in [5.74, 6) is -0.193. The molecule has 0 aliphatic heterocycles. The molecule has 0 atom stereocenters. The van der Waals surface area contributed by atoms with Crippen LogP contribution in [0.5, 0.6) is 0 Å². The van der Waals surface area contributed by atoms with Crippen molar-refractivity contribution < 1.29 is 4.39 Å². The first kappa shape index (κ1) is 10.5. The predicted molar refractivity (Wildman–Crippen MR) is 63.4 cm³/mol. The number of benzene rings is 1. The summed E-state index contributed by atoms with van der Waals surface area (Å²) in [6.07, 6.45) is 7.79. The number of hydrogen-bond donors (Lipinski definition) is 1. The van der Waals surface area contributed by atoms with Crippen LogP contribution in [-0.2, 0) is 6.54 Å². The summed E-state index contributed by atoms with van der Waals surface area (Å²) >= 11 is 0. The van der Waals surface area contributed by atoms with Crippen molar-refractivity contribution in [3.05, 3.63) is 48.3 Å². The van der Waals surface area contributed by atoms with Gasteiger partial charge in [-0.1, -0.05) is 0 Å². The highest BCUT2D eigenvalue weighted by Gasteiger charge is 2.20. The van der Waals surface area contributed by atoms with Gasteiger partial charge in [0.2, 0.25) is 0 Å². The normalized spacial score (nSPS) is 15.1. The van der Waals surface area contributed by atoms with Gasteiger partial charge in [-0.15, -0.1) is 0 Å². The standard InChI is InChI=1S/C13H14FN3/c14-11-1-4-13(17-6-5-15-9-17)10(7-11)8-16-12-2-3-12/h1,4-7,9,12,16H,2-3,8H2. The van der Waals surface area contributed by atoms with Gasteiger partial charge in [-0.2, -0.15) is 0 Å². The molecule has 4 heteroatoms. The summed E-state index contributed by atoms with van der Waals surface area (Å²) in [5.41, 5.74) is 1.95. The molecule has 2 aromatic rings. The molecule has 1 aromatic heterocycles. The third kappa shape index (κ3) is 2.36. The summed E-state index contributed by atoms with van der Waals surface area (Å²) in [6, 6.07) is 5.48. The number of nitrogens with one attached hydrogen (secondary N) is 1. The van der Waals surface area contributed by atoms with Gasteiger partial charge in [-0.05, 0) is 36.6 Å². The molecular weight excluding hydrogens is 217 g/mol. The maximum Gasteiger partial charge on any atom is 0.123 e. The third-order valence-corrected chi connectivity index (χ3v) is 2.98. The van der Waals surface area contributed by atoms with Gasteiger partial charge in [0.25, 0.3) is 0 Å². The SMILES string of the molecule is Fc1ccc(-n2ccnc2)c(CNC2CC2)c1. The second-order valence-corrected chi connectivity index (χ2v) is 4.40. The summed E-state index contributed by atoms with van der Waals surface area (Å²) in [6.45, 7) is 0.704. The minimum absolute atomic E-state index is 0.193. The summed E-state index contributed by atoms with van der Waals surface area (Å²) < 4.78 is 15.2. The lowest BCUT2D eigenvalue weighted by molar-refractivity contribution is 0.618. The molecule has 1 aliphatic carbocycles. The van der Waals surface area contributed by atoms with E-state index in [4.69, 9.17) is 0 Å². The molecule has 1 heterocycles. The Morgan fingerprint density at radius 3 is 3.00 bits per heavy atom. The van der Waals surface area contributed by atoms with Gasteiger partial charge < -0.3 is 9.88 Å². The fourth-order valence-electron chi connectivity index (χ4n) is 1.89. The van der Waals surface area contributed by atoms with E-state index >= 15 is 0 Å². The first-order valence-electron chi connectivity index (χ1n) is 5.83. The molecule has 1 fully saturated rings. The highest BCUT2D eigenvalue weighted by Crippen LogP contribution is 2.21. The Bertz CT molecular complexity index is 503. The van der Waals surface area contributed by atoms with E-state index in [-0.39, 0.29) is 5.82 Å². The predicted octanol–water partition coefficient (Wildman–Crippen LogP) is 2.26. The van der Waals surface area contributed by atoms with Gasteiger partial charge in [-0.25, -0.2) is 9.37 Å². The topological polar surface area (TPSA) is 29.9 Å². The Morgan fingerprint density at radius 1 is 1.41 bits per heavy atom. The van der Waals surface area contributed by atoms with E-state index < -0.39 is 0 Å². The van der Waals surface area contributed by atoms with Crippen LogP contribution in [0.2, 0.25) is 0 Å². The average molecular weight is 231 g/mol. The minimum atomic E-state index is -0.193. The number of halogens is 1. The van der Waals surface area contributed by atoms with E-state index in [1.807, 2.05) is 10.8 Å². The van der Waals surface area contributed by atoms with E-state index in [0.29, 0.717) is 12.6 Å². The van der Waals surface area contributed by atoms with Crippen LogP contribution in [-0.4, -0.2) is 15.6 Å². The fourth-order valence-corrected chi connectivity index (χ4v) is 1.89. The lowest BCUT2D eigenvalue weighted by Crippen LogP contribution is -2.16. The molecule has 88 valence electrons. The molecular formula is C13H14FN3. The molecule has 0 saturated heterocycles. The van der Waals surface area contributed by atoms with Crippen molar-refractivity contribution in [3.8, 4) is 5.69 Å². The van der Waals surface area contributed by atoms with Gasteiger partial charge in [0.15, 0.2) is 0 Å². The van der Waals surface area contributed by atoms with Crippen molar-refractivity contribution in [2.45, 2.75) is 25.4 Å². The highest BCUT2D eigenvalue weighted by atomic mass is 19.1. The van der Waals surface area contributed by atoms with E-state index in [9.17, 15) is 4.39 Å². The Morgan fingerprint density at radius 2 is 2.29 bits per heavy atom. The second kappa shape index (κ2) is 4.30. The van der Waals surface area contributed by atoms with E-state index in [2.05, 4.69) is 10.3 Å². The van der Waals surface area contributed by atoms with Crippen LogP contribution in [0.1, 0.15) is 18.4 Å². The fraction of sp³-hybridized carbons (Fsp3) is 0.308. The average Bonchev–Trinajstić information content (AvgIpc) is 3.00. The van der Waals surface area contributed by atoms with Crippen LogP contribution in [0, 0.1) is 5.82 Å². The third-order valence-electron chi connectivity index (χ3n) is 2.98. The number of aromatic nitrogens is 2. The minimum Gasteiger partial charge on any atom is -0.310 e. The molecule has 0 unspecified atom stereocenters. The van der Waals surface area contributed by atoms with Crippen molar-refractivity contribution >= 4 is 0 Å². The molecule has 17 heavy (non-hydrogen) atoms. The maximum absolute atomic E-state index is 13.3. The molecule has 0 bridgehead atoms. The monoisotopic (exact) mass is 231 g/mol. The quantitative estimate of drug-likeness (QED) is 0.874. The second-order valence-electron chi connectivity index (χ2n) is 4.40. The van der Waals surface area contributed by atoms with E-state index in [0.717, 1.165) is 11.3 Å². The number of nitrogens with zero attached hydrogens (tertiary/aromatic N) is 2. The summed E-state index contributed by atoms with van der Waals surface area (Å²) in [7, 11) is 0. The molecule has 3 rings (SSSR count). The maximum atomic E-state index is 13.3. The Balaban J connectivity index is 1.89. The smallest absolute Gasteiger partial charge is 0.123 e. The lowest BCUT2D eigenvalue weighted by atomic mass is 10.1. The van der Waals surface area contributed by atoms with E-state index in [1.165, 1.54) is 18.9 Å². The largest absolute Gasteiger partial charge is 0.310 e. The Hall–Kier alpha value is -1.68. The highest BCUT2D eigenvalue weighted by molar-refractivity contribution is 5.41. The molecule has 0 radical (unpaired) electrons. The van der Waals surface area contributed by atoms with Crippen LogP contribution >= 0.6 is 0 Å². The molecule has 1 saturated carbocycles. The van der Waals surface area contributed by atoms with Gasteiger partial charge in [0, 0.05) is 25.0 Å². The molecule has 1 aliphatic rings. The van der Waals surface area contributed by atoms with Crippen LogP contribution in [0.15, 0.2) is 36.9 Å². The van der Waals surface area contributed by atoms with Gasteiger partial charge in [0.05, 0.1) is 12.0 Å². The zero-order valence-corrected chi connectivity index (χ0v) is 9.44. The van der Waals surface area contributed by atoms with Crippen molar-refractivity contribution in [1.29, 1.82) is 0 Å². The van der Waals surface area contributed by atoms with Gasteiger partial charge in [-0.3, -0.25) is 0 Å². The van der Waals surface area contributed by atoms with Crippen LogP contribution < -0.4 is 5.32 Å². The van der Waals surface area contributed by atoms with Crippen LogP contribution in [0.4, 0.5) is 4.39 Å². The van der Waals surface area contributed by atoms with Gasteiger partial charge >= 0.3 is 0 Å². The molecule has 0 amide bonds. The Kier molecular flexibility index (Phi) is 2.65. The first-order valence-corrected chi connectivity index (χ1v) is 5.83. The summed E-state index contributed by atoms with van der Waals surface area (Å²) in [4.78, 5) is 4.02. The van der Waals surface area contributed by atoms with Crippen molar-refractivity contribution in [2.75, 3.05) is 0 Å². The number of hydrogen-bond acceptors (Lipinski definition) is 2. The first-order chi connectivity index (χ1) is 8.33. The summed E-state index contributed by atoms with van der Waals surface area (Å²) in [5, 5.41) is 3.40. The Labute approximate surface area is 99.3 Å². The molecule has 0 spiro atoms. The van der Waals surface area contributed by atoms with Crippen LogP contribution in [0.3, 0.4) is 0 Å². The van der Waals surface area contributed by atoms with E-state index in [1.54, 1.807) is 24.7 Å². The number of imidazole rings is 1. The van der Waals surface area contributed by atoms with Crippen molar-refractivity contribution in [2.24, 2.45) is 0 Å². The van der Waals surface area contributed by atoms with Gasteiger partial charge in [0.1, 0.15) is 5.82 Å².